The Morgan fingerprint density at radius 1 is 1.28 bits per heavy atom. The lowest BCUT2D eigenvalue weighted by atomic mass is 10.0. The van der Waals surface area contributed by atoms with Crippen LogP contribution >= 0.6 is 0 Å². The van der Waals surface area contributed by atoms with Crippen molar-refractivity contribution in [1.29, 1.82) is 0 Å². The summed E-state index contributed by atoms with van der Waals surface area (Å²) in [7, 11) is 0. The first kappa shape index (κ1) is 22.3. The Hall–Kier alpha value is -2.91. The van der Waals surface area contributed by atoms with Gasteiger partial charge in [-0.15, -0.1) is 0 Å². The van der Waals surface area contributed by atoms with Gasteiger partial charge in [0.05, 0.1) is 36.7 Å². The van der Waals surface area contributed by atoms with Crippen molar-refractivity contribution in [3.8, 4) is 0 Å². The molecule has 3 aromatic rings. The number of anilines is 1. The topological polar surface area (TPSA) is 103 Å². The van der Waals surface area contributed by atoms with Crippen LogP contribution in [0.3, 0.4) is 0 Å². The van der Waals surface area contributed by atoms with E-state index < -0.39 is 0 Å². The summed E-state index contributed by atoms with van der Waals surface area (Å²) in [6.45, 7) is 9.47. The number of rotatable bonds is 9. The number of nitrogens with zero attached hydrogens (tertiary/aromatic N) is 3. The number of esters is 1. The van der Waals surface area contributed by atoms with Crippen LogP contribution in [0.15, 0.2) is 22.9 Å². The van der Waals surface area contributed by atoms with Gasteiger partial charge < -0.3 is 24.5 Å². The molecular formula is C23H31N5O4. The second-order valence-corrected chi connectivity index (χ2v) is 7.86. The Morgan fingerprint density at radius 3 is 2.84 bits per heavy atom. The van der Waals surface area contributed by atoms with Crippen LogP contribution in [0.2, 0.25) is 0 Å². The van der Waals surface area contributed by atoms with Crippen molar-refractivity contribution in [3.63, 3.8) is 0 Å². The lowest BCUT2D eigenvalue weighted by Gasteiger charge is -2.26. The molecular weight excluding hydrogens is 410 g/mol. The summed E-state index contributed by atoms with van der Waals surface area (Å²) in [5, 5.41) is 12.7. The van der Waals surface area contributed by atoms with E-state index in [0.29, 0.717) is 37.1 Å². The van der Waals surface area contributed by atoms with Gasteiger partial charge in [0.1, 0.15) is 11.3 Å². The Labute approximate surface area is 187 Å². The predicted molar refractivity (Wildman–Crippen MR) is 121 cm³/mol. The van der Waals surface area contributed by atoms with Crippen LogP contribution in [-0.2, 0) is 29.1 Å². The van der Waals surface area contributed by atoms with Crippen molar-refractivity contribution in [3.05, 3.63) is 41.1 Å². The van der Waals surface area contributed by atoms with Crippen LogP contribution in [0, 0.1) is 6.92 Å². The number of carbonyl (C=O) groups excluding carboxylic acids is 1. The molecule has 0 unspecified atom stereocenters. The third-order valence-corrected chi connectivity index (χ3v) is 5.79. The molecule has 0 atom stereocenters. The van der Waals surface area contributed by atoms with Crippen molar-refractivity contribution >= 4 is 22.7 Å². The van der Waals surface area contributed by atoms with Crippen LogP contribution in [0.4, 0.5) is 5.69 Å². The van der Waals surface area contributed by atoms with Gasteiger partial charge in [-0.3, -0.25) is 0 Å². The zero-order chi connectivity index (χ0) is 22.5. The van der Waals surface area contributed by atoms with Crippen molar-refractivity contribution in [2.24, 2.45) is 0 Å². The fraction of sp³-hybridized carbons (Fsp3) is 0.522. The maximum Gasteiger partial charge on any atom is 0.341 e. The molecule has 9 nitrogen and oxygen atoms in total. The van der Waals surface area contributed by atoms with E-state index in [0.717, 1.165) is 60.6 Å². The van der Waals surface area contributed by atoms with Gasteiger partial charge in [-0.05, 0) is 39.7 Å². The molecule has 1 aliphatic heterocycles. The molecule has 1 fully saturated rings. The van der Waals surface area contributed by atoms with Crippen molar-refractivity contribution in [2.45, 2.75) is 59.3 Å². The molecule has 3 aromatic heterocycles. The number of furan rings is 1. The van der Waals surface area contributed by atoms with Gasteiger partial charge in [0.25, 0.3) is 0 Å². The van der Waals surface area contributed by atoms with Crippen LogP contribution in [-0.4, -0.2) is 46.6 Å². The normalized spacial score (nSPS) is 14.7. The minimum Gasteiger partial charge on any atom is -0.467 e. The Morgan fingerprint density at radius 2 is 2.09 bits per heavy atom. The molecule has 4 heterocycles. The number of carbonyl (C=O) groups is 1. The molecule has 0 aromatic carbocycles. The van der Waals surface area contributed by atoms with Crippen molar-refractivity contribution in [1.82, 2.24) is 20.1 Å². The second kappa shape index (κ2) is 10.1. The van der Waals surface area contributed by atoms with E-state index in [1.807, 2.05) is 17.8 Å². The van der Waals surface area contributed by atoms with E-state index in [1.54, 1.807) is 13.0 Å². The van der Waals surface area contributed by atoms with E-state index in [4.69, 9.17) is 18.9 Å². The van der Waals surface area contributed by atoms with E-state index in [-0.39, 0.29) is 5.97 Å². The van der Waals surface area contributed by atoms with E-state index in [1.165, 1.54) is 6.26 Å². The SMILES string of the molecule is CCOC(=O)c1ccoc1CNCc1c(C)nc2c(cnn2CC)c1NC1CCOCC1. The molecule has 0 amide bonds. The number of nitrogens with one attached hydrogen (secondary N) is 2. The van der Waals surface area contributed by atoms with E-state index in [2.05, 4.69) is 22.7 Å². The third-order valence-electron chi connectivity index (χ3n) is 5.79. The minimum atomic E-state index is -0.369. The Balaban J connectivity index is 1.57. The average Bonchev–Trinajstić information content (AvgIpc) is 3.43. The molecule has 32 heavy (non-hydrogen) atoms. The first-order chi connectivity index (χ1) is 15.6. The summed E-state index contributed by atoms with van der Waals surface area (Å²) in [5.41, 5.74) is 4.44. The fourth-order valence-electron chi connectivity index (χ4n) is 4.07. The van der Waals surface area contributed by atoms with Gasteiger partial charge in [0, 0.05) is 43.6 Å². The molecule has 0 bridgehead atoms. The zero-order valence-electron chi connectivity index (χ0n) is 18.9. The fourth-order valence-corrected chi connectivity index (χ4v) is 4.07. The second-order valence-electron chi connectivity index (χ2n) is 7.86. The number of hydrogen-bond donors (Lipinski definition) is 2. The van der Waals surface area contributed by atoms with Crippen molar-refractivity contribution < 1.29 is 18.7 Å². The summed E-state index contributed by atoms with van der Waals surface area (Å²) in [6, 6.07) is 1.99. The van der Waals surface area contributed by atoms with Crippen LogP contribution in [0.1, 0.15) is 54.1 Å². The standard InChI is InChI=1S/C23H31N5O4/c1-4-28-22-19(13-25-28)21(27-16-6-9-30-10-7-16)18(15(3)26-22)12-24-14-20-17(8-11-32-20)23(29)31-5-2/h8,11,13,16,24H,4-7,9-10,12,14H2,1-3H3,(H,26,27). The highest BCUT2D eigenvalue weighted by Crippen LogP contribution is 2.30. The van der Waals surface area contributed by atoms with Crippen LogP contribution in [0.25, 0.3) is 11.0 Å². The average molecular weight is 442 g/mol. The molecule has 9 heteroatoms. The molecule has 0 spiro atoms. The lowest BCUT2D eigenvalue weighted by Crippen LogP contribution is -2.29. The summed E-state index contributed by atoms with van der Waals surface area (Å²) in [6.07, 6.45) is 5.33. The minimum absolute atomic E-state index is 0.328. The lowest BCUT2D eigenvalue weighted by molar-refractivity contribution is 0.0523. The number of aryl methyl sites for hydroxylation is 2. The van der Waals surface area contributed by atoms with Gasteiger partial charge in [0.15, 0.2) is 5.65 Å². The number of ether oxygens (including phenoxy) is 2. The van der Waals surface area contributed by atoms with E-state index in [9.17, 15) is 4.79 Å². The summed E-state index contributed by atoms with van der Waals surface area (Å²) < 4.78 is 18.1. The monoisotopic (exact) mass is 441 g/mol. The number of aromatic nitrogens is 3. The summed E-state index contributed by atoms with van der Waals surface area (Å²) in [4.78, 5) is 17.0. The number of pyridine rings is 1. The Bertz CT molecular complexity index is 1070. The smallest absolute Gasteiger partial charge is 0.341 e. The maximum atomic E-state index is 12.1. The summed E-state index contributed by atoms with van der Waals surface area (Å²) in [5.74, 6) is 0.194. The maximum absolute atomic E-state index is 12.1. The van der Waals surface area contributed by atoms with Gasteiger partial charge in [0.2, 0.25) is 0 Å². The summed E-state index contributed by atoms with van der Waals surface area (Å²) >= 11 is 0. The van der Waals surface area contributed by atoms with Crippen molar-refractivity contribution in [2.75, 3.05) is 25.1 Å². The first-order valence-electron chi connectivity index (χ1n) is 11.3. The molecule has 0 aliphatic carbocycles. The highest BCUT2D eigenvalue weighted by molar-refractivity contribution is 5.91. The third kappa shape index (κ3) is 4.63. The molecule has 172 valence electrons. The van der Waals surface area contributed by atoms with Gasteiger partial charge in [-0.25, -0.2) is 14.5 Å². The quantitative estimate of drug-likeness (QED) is 0.487. The van der Waals surface area contributed by atoms with E-state index >= 15 is 0 Å². The largest absolute Gasteiger partial charge is 0.467 e. The van der Waals surface area contributed by atoms with Gasteiger partial charge in [-0.2, -0.15) is 5.10 Å². The van der Waals surface area contributed by atoms with Crippen LogP contribution in [0.5, 0.6) is 0 Å². The highest BCUT2D eigenvalue weighted by atomic mass is 16.5. The molecule has 2 N–H and O–H groups in total. The van der Waals surface area contributed by atoms with Gasteiger partial charge >= 0.3 is 5.97 Å². The molecule has 0 saturated carbocycles. The zero-order valence-corrected chi connectivity index (χ0v) is 18.9. The number of fused-ring (bicyclic) bond motifs is 1. The first-order valence-corrected chi connectivity index (χ1v) is 11.3. The molecule has 4 rings (SSSR count). The molecule has 0 radical (unpaired) electrons. The molecule has 1 aliphatic rings. The highest BCUT2D eigenvalue weighted by Gasteiger charge is 2.21. The Kier molecular flexibility index (Phi) is 7.06. The van der Waals surface area contributed by atoms with Gasteiger partial charge in [-0.1, -0.05) is 0 Å². The predicted octanol–water partition coefficient (Wildman–Crippen LogP) is 3.41. The van der Waals surface area contributed by atoms with Crippen LogP contribution < -0.4 is 10.6 Å². The molecule has 1 saturated heterocycles. The number of hydrogen-bond acceptors (Lipinski definition) is 8.